The van der Waals surface area contributed by atoms with Gasteiger partial charge in [0.15, 0.2) is 6.29 Å². The van der Waals surface area contributed by atoms with Crippen LogP contribution in [0.2, 0.25) is 0 Å². The van der Waals surface area contributed by atoms with E-state index in [1.807, 2.05) is 0 Å². The summed E-state index contributed by atoms with van der Waals surface area (Å²) >= 11 is 0. The molecule has 0 saturated heterocycles. The lowest BCUT2D eigenvalue weighted by Gasteiger charge is -2.13. The Morgan fingerprint density at radius 3 is 2.10 bits per heavy atom. The monoisotopic (exact) mass is 302 g/mol. The molecule has 0 bridgehead atoms. The van der Waals surface area contributed by atoms with Crippen LogP contribution in [0, 0.1) is 0 Å². The average molecular weight is 302 g/mol. The molecule has 4 heteroatoms. The molecular weight excluding hydrogens is 268 g/mol. The summed E-state index contributed by atoms with van der Waals surface area (Å²) in [5.74, 6) is 0.0875. The average Bonchev–Trinajstić information content (AvgIpc) is 2.47. The van der Waals surface area contributed by atoms with Crippen molar-refractivity contribution in [3.63, 3.8) is 0 Å². The van der Waals surface area contributed by atoms with E-state index in [0.717, 1.165) is 19.3 Å². The van der Waals surface area contributed by atoms with Crippen molar-refractivity contribution in [3.05, 3.63) is 0 Å². The maximum atomic E-state index is 11.7. The number of carbonyl (C=O) groups is 1. The molecule has 0 unspecified atom stereocenters. The molecule has 1 N–H and O–H groups in total. The molecule has 126 valence electrons. The number of ether oxygens (including phenoxy) is 2. The zero-order valence-corrected chi connectivity index (χ0v) is 14.1. The van der Waals surface area contributed by atoms with Crippen LogP contribution in [0.3, 0.4) is 0 Å². The predicted molar refractivity (Wildman–Crippen MR) is 85.3 cm³/mol. The number of Topliss-reactive ketones (excluding diaryl/α,β-unsaturated/α-hetero) is 1. The standard InChI is InChI=1S/C17H34O4/c1-4-5-6-7-8-9-10-11-15(18)14-16(19)12-13-17(20-2)21-3/h15,17-18H,4-14H2,1-3H3/t15-/m1/s1. The molecule has 0 fully saturated rings. The van der Waals surface area contributed by atoms with Gasteiger partial charge in [0.1, 0.15) is 5.78 Å². The highest BCUT2D eigenvalue weighted by Crippen LogP contribution is 2.12. The van der Waals surface area contributed by atoms with Gasteiger partial charge in [-0.15, -0.1) is 0 Å². The molecule has 4 nitrogen and oxygen atoms in total. The highest BCUT2D eigenvalue weighted by molar-refractivity contribution is 5.78. The van der Waals surface area contributed by atoms with Crippen molar-refractivity contribution in [3.8, 4) is 0 Å². The lowest BCUT2D eigenvalue weighted by molar-refractivity contribution is -0.128. The molecule has 21 heavy (non-hydrogen) atoms. The number of methoxy groups -OCH3 is 2. The maximum absolute atomic E-state index is 11.7. The van der Waals surface area contributed by atoms with Gasteiger partial charge in [-0.2, -0.15) is 0 Å². The van der Waals surface area contributed by atoms with Crippen LogP contribution in [0.25, 0.3) is 0 Å². The molecule has 0 aromatic heterocycles. The van der Waals surface area contributed by atoms with Crippen LogP contribution in [0.1, 0.15) is 77.6 Å². The molecule has 0 aliphatic carbocycles. The number of unbranched alkanes of at least 4 members (excludes halogenated alkanes) is 6. The number of aliphatic hydroxyl groups excluding tert-OH is 1. The zero-order chi connectivity index (χ0) is 15.9. The fourth-order valence-electron chi connectivity index (χ4n) is 2.41. The third-order valence-electron chi connectivity index (χ3n) is 3.79. The summed E-state index contributed by atoms with van der Waals surface area (Å²) < 4.78 is 10.1. The minimum Gasteiger partial charge on any atom is -0.393 e. The molecule has 0 aromatic rings. The first-order chi connectivity index (χ1) is 10.1. The van der Waals surface area contributed by atoms with Crippen LogP contribution >= 0.6 is 0 Å². The molecule has 0 aromatic carbocycles. The van der Waals surface area contributed by atoms with Crippen molar-refractivity contribution >= 4 is 5.78 Å². The Balaban J connectivity index is 3.51. The van der Waals surface area contributed by atoms with E-state index in [1.165, 1.54) is 32.1 Å². The molecule has 0 saturated carbocycles. The van der Waals surface area contributed by atoms with Gasteiger partial charge < -0.3 is 14.6 Å². The van der Waals surface area contributed by atoms with Crippen molar-refractivity contribution in [2.75, 3.05) is 14.2 Å². The number of aliphatic hydroxyl groups is 1. The van der Waals surface area contributed by atoms with E-state index in [2.05, 4.69) is 6.92 Å². The Bertz CT molecular complexity index is 239. The van der Waals surface area contributed by atoms with E-state index in [0.29, 0.717) is 12.8 Å². The zero-order valence-electron chi connectivity index (χ0n) is 14.1. The number of rotatable bonds is 15. The number of hydrogen-bond acceptors (Lipinski definition) is 4. The minimum atomic E-state index is -0.489. The Morgan fingerprint density at radius 2 is 1.52 bits per heavy atom. The molecule has 0 heterocycles. The van der Waals surface area contributed by atoms with Crippen LogP contribution in [0.4, 0.5) is 0 Å². The second-order valence-corrected chi connectivity index (χ2v) is 5.75. The van der Waals surface area contributed by atoms with Crippen molar-refractivity contribution < 1.29 is 19.4 Å². The largest absolute Gasteiger partial charge is 0.393 e. The van der Waals surface area contributed by atoms with Gasteiger partial charge in [-0.05, 0) is 6.42 Å². The van der Waals surface area contributed by atoms with E-state index >= 15 is 0 Å². The molecule has 0 radical (unpaired) electrons. The number of carbonyl (C=O) groups excluding carboxylic acids is 1. The van der Waals surface area contributed by atoms with E-state index < -0.39 is 6.10 Å². The molecule has 0 spiro atoms. The highest BCUT2D eigenvalue weighted by Gasteiger charge is 2.13. The van der Waals surface area contributed by atoms with Gasteiger partial charge >= 0.3 is 0 Å². The normalized spacial score (nSPS) is 12.8. The third kappa shape index (κ3) is 13.0. The lowest BCUT2D eigenvalue weighted by Crippen LogP contribution is -2.18. The maximum Gasteiger partial charge on any atom is 0.157 e. The van der Waals surface area contributed by atoms with Gasteiger partial charge in [-0.25, -0.2) is 0 Å². The van der Waals surface area contributed by atoms with Crippen molar-refractivity contribution in [1.82, 2.24) is 0 Å². The summed E-state index contributed by atoms with van der Waals surface area (Å²) in [6.45, 7) is 2.22. The van der Waals surface area contributed by atoms with Crippen molar-refractivity contribution in [1.29, 1.82) is 0 Å². The van der Waals surface area contributed by atoms with Crippen LogP contribution in [0.15, 0.2) is 0 Å². The van der Waals surface area contributed by atoms with Gasteiger partial charge in [-0.1, -0.05) is 51.9 Å². The Labute approximate surface area is 130 Å². The molecule has 0 aliphatic heterocycles. The quantitative estimate of drug-likeness (QED) is 0.369. The Morgan fingerprint density at radius 1 is 0.952 bits per heavy atom. The van der Waals surface area contributed by atoms with Crippen molar-refractivity contribution in [2.45, 2.75) is 89.9 Å². The third-order valence-corrected chi connectivity index (χ3v) is 3.79. The van der Waals surface area contributed by atoms with Crippen molar-refractivity contribution in [2.24, 2.45) is 0 Å². The SMILES string of the molecule is CCCCCCCCC[C@@H](O)CC(=O)CCC(OC)OC. The summed E-state index contributed by atoms with van der Waals surface area (Å²) in [7, 11) is 3.13. The summed E-state index contributed by atoms with van der Waals surface area (Å²) in [5, 5.41) is 9.86. The van der Waals surface area contributed by atoms with Crippen LogP contribution in [0.5, 0.6) is 0 Å². The Hall–Kier alpha value is -0.450. The van der Waals surface area contributed by atoms with Crippen LogP contribution in [-0.4, -0.2) is 37.5 Å². The van der Waals surface area contributed by atoms with Gasteiger partial charge in [0.05, 0.1) is 6.10 Å². The first-order valence-electron chi connectivity index (χ1n) is 8.39. The molecule has 1 atom stereocenters. The molecule has 0 amide bonds. The summed E-state index contributed by atoms with van der Waals surface area (Å²) in [6.07, 6.45) is 9.74. The van der Waals surface area contributed by atoms with Gasteiger partial charge in [0, 0.05) is 33.5 Å². The second-order valence-electron chi connectivity index (χ2n) is 5.75. The lowest BCUT2D eigenvalue weighted by atomic mass is 10.0. The molecule has 0 rings (SSSR count). The van der Waals surface area contributed by atoms with E-state index in [-0.39, 0.29) is 18.5 Å². The van der Waals surface area contributed by atoms with Crippen LogP contribution < -0.4 is 0 Å². The van der Waals surface area contributed by atoms with E-state index in [1.54, 1.807) is 14.2 Å². The minimum absolute atomic E-state index is 0.0875. The topological polar surface area (TPSA) is 55.8 Å². The Kier molecular flexibility index (Phi) is 14.2. The summed E-state index contributed by atoms with van der Waals surface area (Å²) in [4.78, 5) is 11.7. The van der Waals surface area contributed by atoms with E-state index in [9.17, 15) is 9.90 Å². The first kappa shape index (κ1) is 20.6. The number of hydrogen-bond donors (Lipinski definition) is 1. The van der Waals surface area contributed by atoms with Gasteiger partial charge in [-0.3, -0.25) is 4.79 Å². The predicted octanol–water partition coefficient (Wildman–Crippen LogP) is 3.85. The number of ketones is 1. The van der Waals surface area contributed by atoms with Gasteiger partial charge in [0.25, 0.3) is 0 Å². The smallest absolute Gasteiger partial charge is 0.157 e. The molecule has 0 aliphatic rings. The molecular formula is C17H34O4. The fraction of sp³-hybridized carbons (Fsp3) is 0.941. The second kappa shape index (κ2) is 14.5. The highest BCUT2D eigenvalue weighted by atomic mass is 16.7. The summed E-state index contributed by atoms with van der Waals surface area (Å²) in [6, 6.07) is 0. The van der Waals surface area contributed by atoms with Crippen LogP contribution in [-0.2, 0) is 14.3 Å². The van der Waals surface area contributed by atoms with Gasteiger partial charge in [0.2, 0.25) is 0 Å². The summed E-state index contributed by atoms with van der Waals surface area (Å²) in [5.41, 5.74) is 0. The fourth-order valence-corrected chi connectivity index (χ4v) is 2.41. The first-order valence-corrected chi connectivity index (χ1v) is 8.39. The van der Waals surface area contributed by atoms with E-state index in [4.69, 9.17) is 9.47 Å².